The van der Waals surface area contributed by atoms with E-state index in [1.165, 1.54) is 0 Å². The zero-order valence-electron chi connectivity index (χ0n) is 10.9. The van der Waals surface area contributed by atoms with Crippen molar-refractivity contribution in [2.24, 2.45) is 0 Å². The molecule has 0 bridgehead atoms. The van der Waals surface area contributed by atoms with Crippen LogP contribution >= 0.6 is 0 Å². The molecule has 0 amide bonds. The largest absolute Gasteiger partial charge is 1.00 e. The van der Waals surface area contributed by atoms with Gasteiger partial charge in [0.2, 0.25) is 0 Å². The van der Waals surface area contributed by atoms with Crippen molar-refractivity contribution in [1.29, 1.82) is 0 Å². The van der Waals surface area contributed by atoms with E-state index in [2.05, 4.69) is 29.5 Å². The number of hydrogen-bond acceptors (Lipinski definition) is 0. The number of nitrogens with zero attached hydrogens (tertiary/aromatic N) is 3. The Morgan fingerprint density at radius 2 is 0.933 bits per heavy atom. The molecule has 0 saturated heterocycles. The Bertz CT molecular complexity index is 53.2. The molecule has 0 saturated carbocycles. The van der Waals surface area contributed by atoms with Gasteiger partial charge < -0.3 is 32.9 Å². The molecule has 2 radical (unpaired) electrons. The Hall–Kier alpha value is 0.840. The summed E-state index contributed by atoms with van der Waals surface area (Å²) < 4.78 is 0. The summed E-state index contributed by atoms with van der Waals surface area (Å²) in [4.78, 5) is 0. The van der Waals surface area contributed by atoms with Gasteiger partial charge in [0.05, 0.1) is 0 Å². The van der Waals surface area contributed by atoms with Crippen molar-refractivity contribution in [2.45, 2.75) is 6.42 Å². The number of hydrogen-bond donors (Lipinski definition) is 0. The predicted molar refractivity (Wildman–Crippen MR) is 65.8 cm³/mol. The van der Waals surface area contributed by atoms with Gasteiger partial charge in [0.1, 0.15) is 0 Å². The van der Waals surface area contributed by atoms with E-state index in [1.807, 2.05) is 0 Å². The van der Waals surface area contributed by atoms with Crippen molar-refractivity contribution < 1.29 is 39.4 Å². The third-order valence-corrected chi connectivity index (χ3v) is 0.204. The Balaban J connectivity index is -0.0000000174. The monoisotopic (exact) mass is 447 g/mol. The topological polar surface area (TPSA) is 42.3 Å². The van der Waals surface area contributed by atoms with E-state index in [-0.39, 0.29) is 39.4 Å². The van der Waals surface area contributed by atoms with Crippen LogP contribution in [0.25, 0.3) is 16.0 Å². The summed E-state index contributed by atoms with van der Waals surface area (Å²) in [6.45, 7) is 6.90. The number of rotatable bonds is 1. The summed E-state index contributed by atoms with van der Waals surface area (Å²) in [5.41, 5.74) is 0. The van der Waals surface area contributed by atoms with E-state index in [1.54, 1.807) is 48.4 Å². The second-order valence-electron chi connectivity index (χ2n) is 1.92. The second kappa shape index (κ2) is 83.3. The molecule has 5 heteroatoms. The first-order chi connectivity index (χ1) is 6.16. The van der Waals surface area contributed by atoms with Crippen LogP contribution in [0, 0.1) is 6.92 Å². The molecular formula is C10H25BrN3Ta-4. The normalized spacial score (nSPS) is 5.27. The first-order valence-corrected chi connectivity index (χ1v) is 4.00. The molecule has 0 aliphatic heterocycles. The Morgan fingerprint density at radius 1 is 0.867 bits per heavy atom. The fourth-order valence-electron chi connectivity index (χ4n) is 0. The molecule has 0 unspecified atom stereocenters. The van der Waals surface area contributed by atoms with Gasteiger partial charge in [0, 0.05) is 22.4 Å². The van der Waals surface area contributed by atoms with Gasteiger partial charge in [-0.2, -0.15) is 42.3 Å². The average molecular weight is 448 g/mol. The maximum Gasteiger partial charge on any atom is 0 e. The molecule has 15 heavy (non-hydrogen) atoms. The molecule has 0 aliphatic rings. The van der Waals surface area contributed by atoms with Crippen LogP contribution in [0.4, 0.5) is 0 Å². The van der Waals surface area contributed by atoms with Gasteiger partial charge in [-0.15, -0.1) is 6.58 Å². The summed E-state index contributed by atoms with van der Waals surface area (Å²) in [7, 11) is 10.5. The average Bonchev–Trinajstić information content (AvgIpc) is 2.08. The Kier molecular flexibility index (Phi) is 200. The molecule has 0 rings (SSSR count). The molecule has 0 N–H and O–H groups in total. The van der Waals surface area contributed by atoms with Crippen molar-refractivity contribution in [3.8, 4) is 0 Å². The first kappa shape index (κ1) is 36.0. The van der Waals surface area contributed by atoms with E-state index in [0.29, 0.717) is 0 Å². The maximum atomic E-state index is 3.50. The smallest absolute Gasteiger partial charge is 0 e. The zero-order valence-corrected chi connectivity index (χ0v) is 15.7. The van der Waals surface area contributed by atoms with E-state index >= 15 is 0 Å². The van der Waals surface area contributed by atoms with Gasteiger partial charge in [-0.3, -0.25) is 0 Å². The minimum atomic E-state index is 0. The molecule has 0 fully saturated rings. The van der Waals surface area contributed by atoms with Crippen LogP contribution in [0.5, 0.6) is 0 Å². The summed E-state index contributed by atoms with van der Waals surface area (Å²) in [6.07, 6.45) is 2.60. The van der Waals surface area contributed by atoms with E-state index in [0.717, 1.165) is 6.42 Å². The Morgan fingerprint density at radius 3 is 0.933 bits per heavy atom. The molecule has 3 nitrogen and oxygen atoms in total. The molecule has 0 aliphatic carbocycles. The number of halogens is 1. The van der Waals surface area contributed by atoms with E-state index < -0.39 is 0 Å². The summed E-state index contributed by atoms with van der Waals surface area (Å²) in [6, 6.07) is 0. The van der Waals surface area contributed by atoms with Crippen molar-refractivity contribution in [3.63, 3.8) is 0 Å². The molecule has 0 aromatic carbocycles. The quantitative estimate of drug-likeness (QED) is 0.517. The molecule has 0 spiro atoms. The van der Waals surface area contributed by atoms with Crippen molar-refractivity contribution in [1.82, 2.24) is 0 Å². The van der Waals surface area contributed by atoms with Crippen molar-refractivity contribution >= 4 is 0 Å². The van der Waals surface area contributed by atoms with Gasteiger partial charge in [0.15, 0.2) is 0 Å². The zero-order chi connectivity index (χ0) is 11.5. The van der Waals surface area contributed by atoms with Crippen molar-refractivity contribution in [2.75, 3.05) is 42.3 Å². The first-order valence-electron chi connectivity index (χ1n) is 4.00. The minimum Gasteiger partial charge on any atom is -1.00 e. The Labute approximate surface area is 123 Å². The molecule has 0 heterocycles. The third kappa shape index (κ3) is 722. The summed E-state index contributed by atoms with van der Waals surface area (Å²) in [5, 5.41) is 10.5. The predicted octanol–water partition coefficient (Wildman–Crippen LogP) is 0.257. The standard InChI is InChI=1S/C4H7.3C2H6N.BrH.Ta/c1-3-4-2;3*1-3-2;;/h3H,1-2,4H2;3*1-2H3;1H;/q;3*-1;;/p-1. The fraction of sp³-hybridized carbons (Fsp3) is 0.700. The van der Waals surface area contributed by atoms with Crippen LogP contribution in [0.3, 0.4) is 0 Å². The molecule has 96 valence electrons. The second-order valence-corrected chi connectivity index (χ2v) is 1.92. The van der Waals surface area contributed by atoms with Gasteiger partial charge in [-0.05, 0) is 13.3 Å². The van der Waals surface area contributed by atoms with E-state index in [9.17, 15) is 0 Å². The molecule has 0 atom stereocenters. The maximum absolute atomic E-state index is 3.50. The van der Waals surface area contributed by atoms with Crippen LogP contribution < -0.4 is 17.0 Å². The third-order valence-electron chi connectivity index (χ3n) is 0.204. The fourth-order valence-corrected chi connectivity index (χ4v) is 0. The van der Waals surface area contributed by atoms with Crippen LogP contribution in [-0.2, 0) is 22.4 Å². The van der Waals surface area contributed by atoms with Gasteiger partial charge in [-0.25, -0.2) is 0 Å². The van der Waals surface area contributed by atoms with Crippen LogP contribution in [-0.4, -0.2) is 42.3 Å². The van der Waals surface area contributed by atoms with Gasteiger partial charge in [0.25, 0.3) is 0 Å². The minimum absolute atomic E-state index is 0. The van der Waals surface area contributed by atoms with Crippen LogP contribution in [0.2, 0.25) is 0 Å². The van der Waals surface area contributed by atoms with E-state index in [4.69, 9.17) is 0 Å². The van der Waals surface area contributed by atoms with Gasteiger partial charge in [-0.1, -0.05) is 6.08 Å². The molecular weight excluding hydrogens is 423 g/mol. The van der Waals surface area contributed by atoms with Crippen LogP contribution in [0.15, 0.2) is 12.7 Å². The summed E-state index contributed by atoms with van der Waals surface area (Å²) in [5.74, 6) is 0. The number of allylic oxidation sites excluding steroid dienone is 1. The SMILES string of the molecule is C[N-]C.C[N-]C.C[N-]C.[Br-].[CH2]CC=C.[Ta]. The molecule has 0 aromatic heterocycles. The summed E-state index contributed by atoms with van der Waals surface area (Å²) >= 11 is 0. The van der Waals surface area contributed by atoms with Gasteiger partial charge >= 0.3 is 0 Å². The van der Waals surface area contributed by atoms with Crippen LogP contribution in [0.1, 0.15) is 6.42 Å². The van der Waals surface area contributed by atoms with Crippen molar-refractivity contribution in [3.05, 3.63) is 35.5 Å². The molecule has 0 aromatic rings.